The number of nitrogens with two attached hydrogens (primary N) is 2. The van der Waals surface area contributed by atoms with Crippen molar-refractivity contribution in [2.75, 3.05) is 23.8 Å². The molecular formula is C19H22FN5O6. The Hall–Kier alpha value is -3.83. The summed E-state index contributed by atoms with van der Waals surface area (Å²) in [6.45, 7) is 3.86. The number of halogens is 1. The van der Waals surface area contributed by atoms with Gasteiger partial charge in [-0.1, -0.05) is 0 Å². The van der Waals surface area contributed by atoms with Crippen molar-refractivity contribution in [2.45, 2.75) is 32.5 Å². The second-order valence-electron chi connectivity index (χ2n) is 7.07. The number of nitro groups is 1. The fraction of sp³-hybridized carbons (Fsp3) is 0.368. The van der Waals surface area contributed by atoms with Crippen LogP contribution in [0.4, 0.5) is 26.5 Å². The molecule has 0 radical (unpaired) electrons. The highest BCUT2D eigenvalue weighted by atomic mass is 19.1. The quantitative estimate of drug-likeness (QED) is 0.492. The van der Waals surface area contributed by atoms with Gasteiger partial charge in [0.1, 0.15) is 30.9 Å². The third-order valence-electron chi connectivity index (χ3n) is 4.61. The van der Waals surface area contributed by atoms with Crippen LogP contribution < -0.4 is 25.8 Å². The highest BCUT2D eigenvalue weighted by Crippen LogP contribution is 2.39. The number of fused-ring (bicyclic) bond motifs is 1. The number of carbonyl (C=O) groups excluding carboxylic acids is 1. The number of rotatable bonds is 7. The van der Waals surface area contributed by atoms with Gasteiger partial charge in [0.05, 0.1) is 17.0 Å². The monoisotopic (exact) mass is 435 g/mol. The van der Waals surface area contributed by atoms with Crippen LogP contribution >= 0.6 is 0 Å². The van der Waals surface area contributed by atoms with Crippen molar-refractivity contribution in [3.05, 3.63) is 45.8 Å². The molecule has 1 aromatic carbocycles. The Balaban J connectivity index is 1.90. The van der Waals surface area contributed by atoms with Crippen LogP contribution in [-0.2, 0) is 11.3 Å². The number of anilines is 2. The predicted octanol–water partition coefficient (Wildman–Crippen LogP) is 2.36. The van der Waals surface area contributed by atoms with Crippen molar-refractivity contribution < 1.29 is 28.3 Å². The third kappa shape index (κ3) is 5.02. The molecule has 4 N–H and O–H groups in total. The molecule has 0 unspecified atom stereocenters. The van der Waals surface area contributed by atoms with E-state index in [1.165, 1.54) is 24.3 Å². The van der Waals surface area contributed by atoms with Crippen molar-refractivity contribution in [2.24, 2.45) is 5.73 Å². The van der Waals surface area contributed by atoms with Gasteiger partial charge in [-0.2, -0.15) is 0 Å². The number of hydrogen-bond donors (Lipinski definition) is 2. The molecule has 0 bridgehead atoms. The number of hydrogen-bond acceptors (Lipinski definition) is 9. The van der Waals surface area contributed by atoms with E-state index in [4.69, 9.17) is 25.7 Å². The highest BCUT2D eigenvalue weighted by Gasteiger charge is 2.30. The van der Waals surface area contributed by atoms with Gasteiger partial charge in [0.15, 0.2) is 11.6 Å². The second-order valence-corrected chi connectivity index (χ2v) is 7.07. The number of aromatic nitrogens is 1. The maximum Gasteiger partial charge on any atom is 0.404 e. The first-order chi connectivity index (χ1) is 14.7. The van der Waals surface area contributed by atoms with Gasteiger partial charge in [-0.05, 0) is 32.0 Å². The molecule has 1 amide bonds. The molecule has 166 valence electrons. The molecule has 2 aromatic rings. The molecule has 1 aliphatic heterocycles. The molecule has 31 heavy (non-hydrogen) atoms. The van der Waals surface area contributed by atoms with Gasteiger partial charge >= 0.3 is 11.8 Å². The number of benzene rings is 1. The molecule has 0 saturated carbocycles. The summed E-state index contributed by atoms with van der Waals surface area (Å²) in [5, 5.41) is 11.1. The molecular weight excluding hydrogens is 413 g/mol. The van der Waals surface area contributed by atoms with Crippen LogP contribution in [0.3, 0.4) is 0 Å². The average molecular weight is 435 g/mol. The van der Waals surface area contributed by atoms with E-state index in [0.29, 0.717) is 17.1 Å². The lowest BCUT2D eigenvalue weighted by molar-refractivity contribution is -0.384. The summed E-state index contributed by atoms with van der Waals surface area (Å²) >= 11 is 0. The SMILES string of the molecule is C[C@@H]1COc2cc([N+](=O)[O-])c(N)nc2N1Cc1cc(F)ccc1O[C@@H](C)COC(N)=O. The first kappa shape index (κ1) is 21.9. The highest BCUT2D eigenvalue weighted by molar-refractivity contribution is 5.67. The molecule has 1 aliphatic rings. The van der Waals surface area contributed by atoms with E-state index in [9.17, 15) is 19.3 Å². The zero-order valence-corrected chi connectivity index (χ0v) is 16.9. The number of amides is 1. The lowest BCUT2D eigenvalue weighted by atomic mass is 10.1. The van der Waals surface area contributed by atoms with Crippen molar-refractivity contribution in [3.63, 3.8) is 0 Å². The minimum absolute atomic E-state index is 0.0787. The Morgan fingerprint density at radius 1 is 1.48 bits per heavy atom. The first-order valence-corrected chi connectivity index (χ1v) is 9.37. The Morgan fingerprint density at radius 3 is 2.90 bits per heavy atom. The zero-order valence-electron chi connectivity index (χ0n) is 16.9. The van der Waals surface area contributed by atoms with Gasteiger partial charge in [-0.15, -0.1) is 0 Å². The molecule has 2 atom stereocenters. The van der Waals surface area contributed by atoms with Crippen LogP contribution in [-0.4, -0.2) is 41.4 Å². The van der Waals surface area contributed by atoms with Gasteiger partial charge in [-0.3, -0.25) is 10.1 Å². The van der Waals surface area contributed by atoms with Gasteiger partial charge in [-0.25, -0.2) is 14.2 Å². The maximum absolute atomic E-state index is 14.0. The summed E-state index contributed by atoms with van der Waals surface area (Å²) in [7, 11) is 0. The fourth-order valence-electron chi connectivity index (χ4n) is 3.11. The largest absolute Gasteiger partial charge is 0.487 e. The molecule has 3 rings (SSSR count). The fourth-order valence-corrected chi connectivity index (χ4v) is 3.11. The van der Waals surface area contributed by atoms with Crippen LogP contribution in [0.2, 0.25) is 0 Å². The number of nitrogens with zero attached hydrogens (tertiary/aromatic N) is 3. The minimum Gasteiger partial charge on any atom is -0.487 e. The van der Waals surface area contributed by atoms with E-state index in [1.807, 2.05) is 6.92 Å². The van der Waals surface area contributed by atoms with Crippen LogP contribution in [0.25, 0.3) is 0 Å². The number of ether oxygens (including phenoxy) is 3. The van der Waals surface area contributed by atoms with E-state index in [1.54, 1.807) is 11.8 Å². The summed E-state index contributed by atoms with van der Waals surface area (Å²) in [6.07, 6.45) is -1.46. The second kappa shape index (κ2) is 8.90. The van der Waals surface area contributed by atoms with E-state index < -0.39 is 22.9 Å². The standard InChI is InChI=1S/C19H22FN5O6/c1-10-8-29-16-6-14(25(27)28)17(21)23-18(16)24(10)7-12-5-13(20)3-4-15(12)31-11(2)9-30-19(22)26/h3-6,10-11H,7-9H2,1-2H3,(H2,21,23)(H2,22,26)/t10-,11+/m1/s1. The van der Waals surface area contributed by atoms with Crippen LogP contribution in [0, 0.1) is 15.9 Å². The molecule has 2 heterocycles. The minimum atomic E-state index is -0.925. The molecule has 0 fully saturated rings. The Bertz CT molecular complexity index is 1000. The van der Waals surface area contributed by atoms with E-state index in [2.05, 4.69) is 4.98 Å². The zero-order chi connectivity index (χ0) is 22.7. The van der Waals surface area contributed by atoms with Crippen molar-refractivity contribution >= 4 is 23.4 Å². The summed E-state index contributed by atoms with van der Waals surface area (Å²) < 4.78 is 30.1. The lowest BCUT2D eigenvalue weighted by Gasteiger charge is -2.36. The van der Waals surface area contributed by atoms with E-state index in [0.717, 1.165) is 0 Å². The number of nitrogen functional groups attached to an aromatic ring is 1. The number of primary amides is 1. The van der Waals surface area contributed by atoms with Crippen LogP contribution in [0.1, 0.15) is 19.4 Å². The number of carbonyl (C=O) groups is 1. The van der Waals surface area contributed by atoms with Crippen molar-refractivity contribution in [3.8, 4) is 11.5 Å². The molecule has 0 aliphatic carbocycles. The van der Waals surface area contributed by atoms with Crippen molar-refractivity contribution in [1.29, 1.82) is 0 Å². The first-order valence-electron chi connectivity index (χ1n) is 9.37. The lowest BCUT2D eigenvalue weighted by Crippen LogP contribution is -2.41. The van der Waals surface area contributed by atoms with Gasteiger partial charge in [0, 0.05) is 12.1 Å². The third-order valence-corrected chi connectivity index (χ3v) is 4.61. The maximum atomic E-state index is 14.0. The summed E-state index contributed by atoms with van der Waals surface area (Å²) in [4.78, 5) is 27.3. The van der Waals surface area contributed by atoms with Gasteiger partial charge < -0.3 is 30.6 Å². The Labute approximate surface area is 176 Å². The summed E-state index contributed by atoms with van der Waals surface area (Å²) in [6, 6.07) is 5.06. The summed E-state index contributed by atoms with van der Waals surface area (Å²) in [5.41, 5.74) is 10.9. The molecule has 0 spiro atoms. The average Bonchev–Trinajstić information content (AvgIpc) is 2.70. The van der Waals surface area contributed by atoms with E-state index in [-0.39, 0.29) is 43.1 Å². The predicted molar refractivity (Wildman–Crippen MR) is 108 cm³/mol. The van der Waals surface area contributed by atoms with Crippen LogP contribution in [0.5, 0.6) is 11.5 Å². The van der Waals surface area contributed by atoms with Crippen LogP contribution in [0.15, 0.2) is 24.3 Å². The topological polar surface area (TPSA) is 156 Å². The molecule has 0 saturated heterocycles. The molecule has 12 heteroatoms. The Kier molecular flexibility index (Phi) is 6.28. The normalized spacial score (nSPS) is 16.1. The number of pyridine rings is 1. The van der Waals surface area contributed by atoms with Gasteiger partial charge in [0.2, 0.25) is 5.82 Å². The molecule has 11 nitrogen and oxygen atoms in total. The van der Waals surface area contributed by atoms with Crippen molar-refractivity contribution in [1.82, 2.24) is 4.98 Å². The molecule has 1 aromatic heterocycles. The smallest absolute Gasteiger partial charge is 0.404 e. The van der Waals surface area contributed by atoms with Gasteiger partial charge in [0.25, 0.3) is 0 Å². The van der Waals surface area contributed by atoms with E-state index >= 15 is 0 Å². The Morgan fingerprint density at radius 2 is 2.23 bits per heavy atom. The summed E-state index contributed by atoms with van der Waals surface area (Å²) in [5.74, 6) is 0.167.